The number of hydrogen-bond acceptors (Lipinski definition) is 4. The number of rotatable bonds is 6. The summed E-state index contributed by atoms with van der Waals surface area (Å²) in [4.78, 5) is 4.92. The van der Waals surface area contributed by atoms with Crippen molar-refractivity contribution in [1.29, 1.82) is 0 Å². The zero-order valence-corrected chi connectivity index (χ0v) is 22.8. The van der Waals surface area contributed by atoms with Crippen molar-refractivity contribution < 1.29 is 18.6 Å². The lowest BCUT2D eigenvalue weighted by Crippen LogP contribution is -2.50. The molecule has 2 aliphatic heterocycles. The van der Waals surface area contributed by atoms with E-state index >= 15 is 0 Å². The molecule has 0 bridgehead atoms. The van der Waals surface area contributed by atoms with Gasteiger partial charge < -0.3 is 14.7 Å². The zero-order chi connectivity index (χ0) is 27.0. The summed E-state index contributed by atoms with van der Waals surface area (Å²) in [6.07, 6.45) is 2.03. The van der Waals surface area contributed by atoms with Gasteiger partial charge in [0.05, 0.1) is 6.04 Å². The maximum atomic E-state index is 13.6. The first-order valence-corrected chi connectivity index (χ1v) is 13.7. The fourth-order valence-corrected chi connectivity index (χ4v) is 6.16. The van der Waals surface area contributed by atoms with Crippen LogP contribution in [0.5, 0.6) is 11.5 Å². The first kappa shape index (κ1) is 26.6. The molecular weight excluding hydrogens is 482 g/mol. The van der Waals surface area contributed by atoms with E-state index in [2.05, 4.69) is 16.7 Å². The third-order valence-corrected chi connectivity index (χ3v) is 8.61. The second-order valence-corrected chi connectivity index (χ2v) is 11.0. The molecule has 0 radical (unpaired) electrons. The van der Waals surface area contributed by atoms with Crippen molar-refractivity contribution >= 4 is 0 Å². The van der Waals surface area contributed by atoms with Crippen molar-refractivity contribution in [3.05, 3.63) is 93.5 Å². The van der Waals surface area contributed by atoms with E-state index in [-0.39, 0.29) is 23.8 Å². The van der Waals surface area contributed by atoms with Crippen LogP contribution in [0.3, 0.4) is 0 Å². The lowest BCUT2D eigenvalue weighted by Gasteiger charge is -2.41. The average molecular weight is 521 g/mol. The summed E-state index contributed by atoms with van der Waals surface area (Å²) in [5.74, 6) is 1.22. The van der Waals surface area contributed by atoms with Crippen LogP contribution in [0.2, 0.25) is 0 Å². The summed E-state index contributed by atoms with van der Waals surface area (Å²) < 4.78 is 33.9. The van der Waals surface area contributed by atoms with Crippen LogP contribution in [0, 0.1) is 38.3 Å². The van der Waals surface area contributed by atoms with Gasteiger partial charge in [-0.3, -0.25) is 4.90 Å². The summed E-state index contributed by atoms with van der Waals surface area (Å²) in [5.41, 5.74) is 6.07. The van der Waals surface area contributed by atoms with Gasteiger partial charge in [-0.2, -0.15) is 0 Å². The van der Waals surface area contributed by atoms with Gasteiger partial charge in [0, 0.05) is 44.2 Å². The van der Waals surface area contributed by atoms with Crippen LogP contribution in [-0.4, -0.2) is 53.7 Å². The van der Waals surface area contributed by atoms with Gasteiger partial charge in [-0.05, 0) is 85.7 Å². The van der Waals surface area contributed by atoms with Gasteiger partial charge in [0.2, 0.25) is 0 Å². The fourth-order valence-electron chi connectivity index (χ4n) is 6.16. The lowest BCUT2D eigenvalue weighted by atomic mass is 9.88. The summed E-state index contributed by atoms with van der Waals surface area (Å²) in [6.45, 7) is 12.8. The summed E-state index contributed by atoms with van der Waals surface area (Å²) in [6, 6.07) is 13.3. The van der Waals surface area contributed by atoms with E-state index in [1.165, 1.54) is 24.3 Å². The Labute approximate surface area is 224 Å². The highest BCUT2D eigenvalue weighted by Gasteiger charge is 2.32. The highest BCUT2D eigenvalue weighted by molar-refractivity contribution is 5.58. The molecule has 0 aliphatic carbocycles. The van der Waals surface area contributed by atoms with E-state index in [1.54, 1.807) is 0 Å². The number of fused-ring (bicyclic) bond motifs is 1. The SMILES string of the molecule is Cc1c(C)c2c(c(C)c1O)CCC(C(C)CN1CCN(C(c3ccc(F)cc3)c3ccc(F)cc3)CC1)O2. The number of piperazine rings is 1. The Morgan fingerprint density at radius 1 is 0.842 bits per heavy atom. The Balaban J connectivity index is 1.24. The number of nitrogens with zero attached hydrogens (tertiary/aromatic N) is 2. The van der Waals surface area contributed by atoms with Crippen LogP contribution in [0.4, 0.5) is 8.78 Å². The second-order valence-electron chi connectivity index (χ2n) is 11.0. The Kier molecular flexibility index (Phi) is 7.73. The molecule has 1 saturated heterocycles. The Bertz CT molecular complexity index is 1220. The highest BCUT2D eigenvalue weighted by Crippen LogP contribution is 2.42. The molecule has 202 valence electrons. The van der Waals surface area contributed by atoms with Gasteiger partial charge in [-0.25, -0.2) is 8.78 Å². The molecular formula is C32H38F2N2O2. The van der Waals surface area contributed by atoms with Crippen molar-refractivity contribution in [2.24, 2.45) is 5.92 Å². The Morgan fingerprint density at radius 2 is 1.39 bits per heavy atom. The molecule has 38 heavy (non-hydrogen) atoms. The van der Waals surface area contributed by atoms with Crippen molar-refractivity contribution in [3.8, 4) is 11.5 Å². The minimum atomic E-state index is -0.254. The summed E-state index contributed by atoms with van der Waals surface area (Å²) in [5, 5.41) is 10.5. The minimum absolute atomic E-state index is 0.0418. The Morgan fingerprint density at radius 3 is 1.95 bits per heavy atom. The lowest BCUT2D eigenvalue weighted by molar-refractivity contribution is 0.0592. The molecule has 0 aromatic heterocycles. The largest absolute Gasteiger partial charge is 0.507 e. The second kappa shape index (κ2) is 11.0. The number of hydrogen-bond donors (Lipinski definition) is 1. The van der Waals surface area contributed by atoms with Crippen LogP contribution in [0.25, 0.3) is 0 Å². The Hall–Kier alpha value is -2.96. The maximum absolute atomic E-state index is 13.6. The van der Waals surface area contributed by atoms with Gasteiger partial charge in [0.1, 0.15) is 29.2 Å². The average Bonchev–Trinajstić information content (AvgIpc) is 2.93. The molecule has 0 saturated carbocycles. The first-order valence-electron chi connectivity index (χ1n) is 13.7. The van der Waals surface area contributed by atoms with E-state index in [1.807, 2.05) is 45.0 Å². The van der Waals surface area contributed by atoms with Gasteiger partial charge in [0.25, 0.3) is 0 Å². The highest BCUT2D eigenvalue weighted by atomic mass is 19.1. The van der Waals surface area contributed by atoms with Crippen molar-refractivity contribution in [2.45, 2.75) is 52.7 Å². The van der Waals surface area contributed by atoms with E-state index in [0.29, 0.717) is 11.7 Å². The summed E-state index contributed by atoms with van der Waals surface area (Å²) in [7, 11) is 0. The molecule has 3 aromatic carbocycles. The van der Waals surface area contributed by atoms with E-state index in [9.17, 15) is 13.9 Å². The topological polar surface area (TPSA) is 35.9 Å². The van der Waals surface area contributed by atoms with Crippen LogP contribution >= 0.6 is 0 Å². The van der Waals surface area contributed by atoms with Crippen LogP contribution in [0.15, 0.2) is 48.5 Å². The van der Waals surface area contributed by atoms with Crippen molar-refractivity contribution in [2.75, 3.05) is 32.7 Å². The quantitative estimate of drug-likeness (QED) is 0.412. The molecule has 2 heterocycles. The zero-order valence-electron chi connectivity index (χ0n) is 22.8. The van der Waals surface area contributed by atoms with E-state index < -0.39 is 0 Å². The number of benzene rings is 3. The number of phenols is 1. The van der Waals surface area contributed by atoms with Crippen LogP contribution in [-0.2, 0) is 6.42 Å². The molecule has 4 nitrogen and oxygen atoms in total. The monoisotopic (exact) mass is 520 g/mol. The van der Waals surface area contributed by atoms with Crippen LogP contribution < -0.4 is 4.74 Å². The van der Waals surface area contributed by atoms with Gasteiger partial charge in [0.15, 0.2) is 0 Å². The molecule has 1 N–H and O–H groups in total. The number of aromatic hydroxyl groups is 1. The van der Waals surface area contributed by atoms with Crippen molar-refractivity contribution in [3.63, 3.8) is 0 Å². The summed E-state index contributed by atoms with van der Waals surface area (Å²) >= 11 is 0. The predicted octanol–water partition coefficient (Wildman–Crippen LogP) is 6.33. The third kappa shape index (κ3) is 5.29. The van der Waals surface area contributed by atoms with Crippen molar-refractivity contribution in [1.82, 2.24) is 9.80 Å². The third-order valence-electron chi connectivity index (χ3n) is 8.61. The van der Waals surface area contributed by atoms with Gasteiger partial charge in [-0.15, -0.1) is 0 Å². The molecule has 2 atom stereocenters. The molecule has 2 aliphatic rings. The molecule has 0 amide bonds. The normalized spacial score (nSPS) is 19.3. The molecule has 0 spiro atoms. The minimum Gasteiger partial charge on any atom is -0.507 e. The van der Waals surface area contributed by atoms with Gasteiger partial charge in [-0.1, -0.05) is 31.2 Å². The number of phenolic OH excluding ortho intramolecular Hbond substituents is 1. The standard InChI is InChI=1S/C32H38F2N2O2/c1-20(29-14-13-28-23(4)31(37)21(2)22(3)32(28)38-29)19-35-15-17-36(18-16-35)30(24-5-9-26(33)10-6-24)25-7-11-27(34)12-8-25/h5-12,20,29-30,37H,13-19H2,1-4H3. The van der Waals surface area contributed by atoms with Gasteiger partial charge >= 0.3 is 0 Å². The number of ether oxygens (including phenoxy) is 1. The first-order chi connectivity index (χ1) is 18.2. The van der Waals surface area contributed by atoms with E-state index in [0.717, 1.165) is 84.7 Å². The molecule has 5 rings (SSSR count). The maximum Gasteiger partial charge on any atom is 0.126 e. The molecule has 3 aromatic rings. The molecule has 6 heteroatoms. The smallest absolute Gasteiger partial charge is 0.126 e. The van der Waals surface area contributed by atoms with E-state index in [4.69, 9.17) is 4.74 Å². The fraction of sp³-hybridized carbons (Fsp3) is 0.438. The number of halogens is 2. The van der Waals surface area contributed by atoms with Crippen LogP contribution in [0.1, 0.15) is 52.8 Å². The predicted molar refractivity (Wildman–Crippen MR) is 147 cm³/mol. The molecule has 1 fully saturated rings. The molecule has 2 unspecified atom stereocenters.